The molecular formula is C18H11F6N3. The Morgan fingerprint density at radius 3 is 2.41 bits per heavy atom. The van der Waals surface area contributed by atoms with Crippen LogP contribution in [0.3, 0.4) is 0 Å². The second kappa shape index (κ2) is 6.37. The Morgan fingerprint density at radius 1 is 1.07 bits per heavy atom. The van der Waals surface area contributed by atoms with Crippen LogP contribution >= 0.6 is 0 Å². The predicted molar refractivity (Wildman–Crippen MR) is 84.0 cm³/mol. The summed E-state index contributed by atoms with van der Waals surface area (Å²) in [4.78, 5) is 7.25. The van der Waals surface area contributed by atoms with Crippen LogP contribution in [0.4, 0.5) is 26.3 Å². The molecule has 1 aromatic carbocycles. The summed E-state index contributed by atoms with van der Waals surface area (Å²) in [5.41, 5.74) is -4.15. The number of alkyl halides is 6. The summed E-state index contributed by atoms with van der Waals surface area (Å²) in [5, 5.41) is 9.15. The number of hydrogen-bond donors (Lipinski definition) is 0. The highest BCUT2D eigenvalue weighted by Gasteiger charge is 2.58. The highest BCUT2D eigenvalue weighted by molar-refractivity contribution is 5.78. The fourth-order valence-electron chi connectivity index (χ4n) is 3.09. The molecule has 1 aliphatic rings. The number of nitriles is 1. The van der Waals surface area contributed by atoms with Crippen molar-refractivity contribution in [3.8, 4) is 6.07 Å². The zero-order valence-corrected chi connectivity index (χ0v) is 13.5. The molecule has 0 aliphatic carbocycles. The third-order valence-electron chi connectivity index (χ3n) is 4.52. The van der Waals surface area contributed by atoms with E-state index in [1.165, 1.54) is 12.1 Å². The molecule has 2 atom stereocenters. The zero-order valence-electron chi connectivity index (χ0n) is 13.5. The lowest BCUT2D eigenvalue weighted by Gasteiger charge is -2.30. The van der Waals surface area contributed by atoms with Crippen molar-refractivity contribution in [1.82, 2.24) is 4.98 Å². The minimum absolute atomic E-state index is 0.166. The third kappa shape index (κ3) is 3.27. The van der Waals surface area contributed by atoms with Crippen molar-refractivity contribution >= 4 is 6.21 Å². The number of hydrogen-bond acceptors (Lipinski definition) is 3. The Bertz CT molecular complexity index is 926. The van der Waals surface area contributed by atoms with E-state index in [2.05, 4.69) is 9.98 Å². The van der Waals surface area contributed by atoms with Gasteiger partial charge in [-0.3, -0.25) is 9.98 Å². The largest absolute Gasteiger partial charge is 0.417 e. The fraction of sp³-hybridized carbons (Fsp3) is 0.278. The number of aromatic nitrogens is 1. The van der Waals surface area contributed by atoms with Crippen molar-refractivity contribution in [1.29, 1.82) is 5.26 Å². The van der Waals surface area contributed by atoms with Crippen molar-refractivity contribution in [3.05, 3.63) is 65.0 Å². The van der Waals surface area contributed by atoms with Gasteiger partial charge in [0.25, 0.3) is 0 Å². The van der Waals surface area contributed by atoms with Crippen LogP contribution in [0.2, 0.25) is 0 Å². The van der Waals surface area contributed by atoms with Crippen LogP contribution in [0, 0.1) is 11.3 Å². The predicted octanol–water partition coefficient (Wildman–Crippen LogP) is 4.99. The minimum atomic E-state index is -4.89. The summed E-state index contributed by atoms with van der Waals surface area (Å²) >= 11 is 0. The van der Waals surface area contributed by atoms with Gasteiger partial charge in [-0.1, -0.05) is 18.2 Å². The molecule has 2 heterocycles. The summed E-state index contributed by atoms with van der Waals surface area (Å²) < 4.78 is 80.6. The second-order valence-electron chi connectivity index (χ2n) is 6.13. The van der Waals surface area contributed by atoms with E-state index in [0.29, 0.717) is 24.0 Å². The van der Waals surface area contributed by atoms with Gasteiger partial charge in [0.2, 0.25) is 0 Å². The Morgan fingerprint density at radius 2 is 1.78 bits per heavy atom. The normalized spacial score (nSPS) is 22.6. The summed E-state index contributed by atoms with van der Waals surface area (Å²) in [6.45, 7) is 0. The number of nitrogens with zero attached hydrogens (tertiary/aromatic N) is 3. The van der Waals surface area contributed by atoms with Gasteiger partial charge < -0.3 is 0 Å². The van der Waals surface area contributed by atoms with Crippen LogP contribution in [-0.4, -0.2) is 17.4 Å². The highest BCUT2D eigenvalue weighted by atomic mass is 19.4. The molecular weight excluding hydrogens is 372 g/mol. The van der Waals surface area contributed by atoms with E-state index < -0.39 is 41.4 Å². The number of aliphatic imine (C=N–C) groups is 1. The summed E-state index contributed by atoms with van der Waals surface area (Å²) in [5.74, 6) is 0. The first-order chi connectivity index (χ1) is 12.6. The first kappa shape index (κ1) is 18.9. The van der Waals surface area contributed by atoms with E-state index in [-0.39, 0.29) is 5.56 Å². The maximum atomic E-state index is 13.9. The van der Waals surface area contributed by atoms with Crippen LogP contribution in [0.15, 0.2) is 47.7 Å². The minimum Gasteiger partial charge on any atom is -0.288 e. The maximum absolute atomic E-state index is 13.9. The van der Waals surface area contributed by atoms with E-state index in [1.807, 2.05) is 6.07 Å². The quantitative estimate of drug-likeness (QED) is 0.686. The third-order valence-corrected chi connectivity index (χ3v) is 4.52. The van der Waals surface area contributed by atoms with Gasteiger partial charge in [0.15, 0.2) is 0 Å². The fourth-order valence-corrected chi connectivity index (χ4v) is 3.09. The van der Waals surface area contributed by atoms with Crippen molar-refractivity contribution in [2.24, 2.45) is 4.99 Å². The molecule has 9 heteroatoms. The lowest BCUT2D eigenvalue weighted by atomic mass is 9.77. The van der Waals surface area contributed by atoms with Gasteiger partial charge >= 0.3 is 12.4 Å². The van der Waals surface area contributed by atoms with Crippen molar-refractivity contribution in [2.75, 3.05) is 0 Å². The molecule has 3 nitrogen and oxygen atoms in total. The molecule has 0 N–H and O–H groups in total. The van der Waals surface area contributed by atoms with Crippen molar-refractivity contribution < 1.29 is 26.3 Å². The molecule has 0 amide bonds. The van der Waals surface area contributed by atoms with Crippen LogP contribution in [0.25, 0.3) is 0 Å². The standard InChI is InChI=1S/C18H11F6N3/c19-17(20,21)13-5-12(8-26-9-13)16(18(22,23)24)6-15(27-10-16)14-4-2-1-3-11(14)7-25/h1-5,8-10,15H,6H2. The molecule has 3 rings (SSSR count). The Kier molecular flexibility index (Phi) is 4.46. The van der Waals surface area contributed by atoms with Gasteiger partial charge in [0, 0.05) is 18.6 Å². The van der Waals surface area contributed by atoms with Gasteiger partial charge in [-0.2, -0.15) is 31.6 Å². The molecule has 2 aromatic rings. The molecule has 0 spiro atoms. The van der Waals surface area contributed by atoms with Crippen molar-refractivity contribution in [3.63, 3.8) is 0 Å². The molecule has 0 fully saturated rings. The lowest BCUT2D eigenvalue weighted by Crippen LogP contribution is -2.42. The van der Waals surface area contributed by atoms with E-state index in [9.17, 15) is 26.3 Å². The molecule has 2 unspecified atom stereocenters. The van der Waals surface area contributed by atoms with Crippen LogP contribution in [-0.2, 0) is 11.6 Å². The Hall–Kier alpha value is -2.89. The van der Waals surface area contributed by atoms with Crippen LogP contribution < -0.4 is 0 Å². The first-order valence-electron chi connectivity index (χ1n) is 7.71. The second-order valence-corrected chi connectivity index (χ2v) is 6.13. The van der Waals surface area contributed by atoms with Crippen LogP contribution in [0.5, 0.6) is 0 Å². The molecule has 1 aromatic heterocycles. The summed E-state index contributed by atoms with van der Waals surface area (Å²) in [6, 6.07) is 7.39. The lowest BCUT2D eigenvalue weighted by molar-refractivity contribution is -0.169. The first-order valence-corrected chi connectivity index (χ1v) is 7.71. The molecule has 140 valence electrons. The van der Waals surface area contributed by atoms with Crippen LogP contribution in [0.1, 0.15) is 34.7 Å². The SMILES string of the molecule is N#Cc1ccccc1C1CC(c2cncc(C(F)(F)F)c2)(C(F)(F)F)C=N1. The van der Waals surface area contributed by atoms with Crippen molar-refractivity contribution in [2.45, 2.75) is 30.2 Å². The van der Waals surface area contributed by atoms with Gasteiger partial charge in [0.1, 0.15) is 5.41 Å². The summed E-state index contributed by atoms with van der Waals surface area (Å²) in [7, 11) is 0. The van der Waals surface area contributed by atoms with Gasteiger partial charge in [-0.15, -0.1) is 0 Å². The maximum Gasteiger partial charge on any atom is 0.417 e. The van der Waals surface area contributed by atoms with Gasteiger partial charge in [0.05, 0.1) is 23.2 Å². The number of rotatable bonds is 2. The van der Waals surface area contributed by atoms with E-state index >= 15 is 0 Å². The molecule has 0 bridgehead atoms. The average molecular weight is 383 g/mol. The van der Waals surface area contributed by atoms with E-state index in [1.54, 1.807) is 12.1 Å². The van der Waals surface area contributed by atoms with E-state index in [4.69, 9.17) is 5.26 Å². The molecule has 1 aliphatic heterocycles. The molecule has 27 heavy (non-hydrogen) atoms. The number of pyridine rings is 1. The monoisotopic (exact) mass is 383 g/mol. The number of benzene rings is 1. The Balaban J connectivity index is 2.08. The molecule has 0 radical (unpaired) electrons. The van der Waals surface area contributed by atoms with Gasteiger partial charge in [-0.25, -0.2) is 0 Å². The molecule has 0 saturated heterocycles. The topological polar surface area (TPSA) is 49.0 Å². The number of halogens is 6. The Labute approximate surface area is 150 Å². The molecule has 0 saturated carbocycles. The van der Waals surface area contributed by atoms with E-state index in [0.717, 1.165) is 6.20 Å². The van der Waals surface area contributed by atoms with Gasteiger partial charge in [-0.05, 0) is 29.7 Å². The average Bonchev–Trinajstić information content (AvgIpc) is 3.07. The summed E-state index contributed by atoms with van der Waals surface area (Å²) in [6.07, 6.45) is -8.48. The zero-order chi connectivity index (χ0) is 19.9. The highest BCUT2D eigenvalue weighted by Crippen LogP contribution is 2.50. The smallest absolute Gasteiger partial charge is 0.288 e.